The lowest BCUT2D eigenvalue weighted by atomic mass is 9.94. The standard InChI is InChI=1S/C12H16N/c1-3-10-13(11-4-2)12-8-6-5-7-9-12/h1-2,5,12H,6-11H2. The molecule has 1 aliphatic carbocycles. The molecule has 0 atom stereocenters. The van der Waals surface area contributed by atoms with E-state index in [1.165, 1.54) is 25.7 Å². The fourth-order valence-corrected chi connectivity index (χ4v) is 1.82. The van der Waals surface area contributed by atoms with Crippen molar-refractivity contribution in [2.75, 3.05) is 13.1 Å². The normalized spacial score (nSPS) is 18.1. The molecule has 0 saturated heterocycles. The molecule has 0 heterocycles. The highest BCUT2D eigenvalue weighted by Crippen LogP contribution is 2.21. The fourth-order valence-electron chi connectivity index (χ4n) is 1.82. The van der Waals surface area contributed by atoms with E-state index in [-0.39, 0.29) is 0 Å². The van der Waals surface area contributed by atoms with Gasteiger partial charge in [-0.25, -0.2) is 0 Å². The Kier molecular flexibility index (Phi) is 4.44. The number of nitrogens with zero attached hydrogens (tertiary/aromatic N) is 1. The van der Waals surface area contributed by atoms with Crippen molar-refractivity contribution in [1.82, 2.24) is 4.90 Å². The molecule has 0 amide bonds. The van der Waals surface area contributed by atoms with Crippen LogP contribution in [0.5, 0.6) is 0 Å². The zero-order valence-corrected chi connectivity index (χ0v) is 8.00. The molecular weight excluding hydrogens is 158 g/mol. The summed E-state index contributed by atoms with van der Waals surface area (Å²) < 4.78 is 0. The van der Waals surface area contributed by atoms with E-state index in [0.717, 1.165) is 0 Å². The zero-order chi connectivity index (χ0) is 9.52. The summed E-state index contributed by atoms with van der Waals surface area (Å²) in [6.07, 6.45) is 17.8. The summed E-state index contributed by atoms with van der Waals surface area (Å²) in [4.78, 5) is 2.23. The van der Waals surface area contributed by atoms with E-state index in [1.54, 1.807) is 0 Å². The Hall–Kier alpha value is -0.920. The minimum Gasteiger partial charge on any atom is -0.278 e. The largest absolute Gasteiger partial charge is 0.278 e. The third-order valence-corrected chi connectivity index (χ3v) is 2.51. The molecule has 0 bridgehead atoms. The second-order valence-electron chi connectivity index (χ2n) is 3.41. The van der Waals surface area contributed by atoms with E-state index in [9.17, 15) is 0 Å². The molecule has 1 radical (unpaired) electrons. The van der Waals surface area contributed by atoms with Crippen LogP contribution in [-0.2, 0) is 0 Å². The maximum atomic E-state index is 5.30. The topological polar surface area (TPSA) is 3.24 Å². The Morgan fingerprint density at radius 2 is 1.69 bits per heavy atom. The Bertz CT molecular complexity index is 196. The summed E-state index contributed by atoms with van der Waals surface area (Å²) in [5.41, 5.74) is 0. The average Bonchev–Trinajstić information content (AvgIpc) is 2.19. The van der Waals surface area contributed by atoms with Crippen molar-refractivity contribution in [3.8, 4) is 24.7 Å². The fraction of sp³-hybridized carbons (Fsp3) is 0.583. The van der Waals surface area contributed by atoms with Crippen LogP contribution in [0.15, 0.2) is 0 Å². The predicted octanol–water partition coefficient (Wildman–Crippen LogP) is 1.70. The van der Waals surface area contributed by atoms with Gasteiger partial charge in [-0.05, 0) is 32.1 Å². The van der Waals surface area contributed by atoms with Crippen molar-refractivity contribution in [2.24, 2.45) is 0 Å². The smallest absolute Gasteiger partial charge is 0.0610 e. The first-order chi connectivity index (χ1) is 6.38. The predicted molar refractivity (Wildman–Crippen MR) is 55.8 cm³/mol. The van der Waals surface area contributed by atoms with E-state index in [4.69, 9.17) is 12.8 Å². The van der Waals surface area contributed by atoms with Crippen LogP contribution in [0.3, 0.4) is 0 Å². The lowest BCUT2D eigenvalue weighted by Gasteiger charge is -2.31. The zero-order valence-electron chi connectivity index (χ0n) is 8.00. The summed E-state index contributed by atoms with van der Waals surface area (Å²) in [6, 6.07) is 0.608. The lowest BCUT2D eigenvalue weighted by molar-refractivity contribution is 0.209. The molecule has 0 aliphatic heterocycles. The van der Waals surface area contributed by atoms with Gasteiger partial charge in [-0.1, -0.05) is 11.8 Å². The molecule has 1 fully saturated rings. The lowest BCUT2D eigenvalue weighted by Crippen LogP contribution is -2.37. The second-order valence-corrected chi connectivity index (χ2v) is 3.41. The van der Waals surface area contributed by atoms with Gasteiger partial charge in [-0.15, -0.1) is 12.8 Å². The van der Waals surface area contributed by atoms with E-state index in [1.807, 2.05) is 0 Å². The molecule has 0 aromatic heterocycles. The molecule has 0 N–H and O–H groups in total. The van der Waals surface area contributed by atoms with Crippen LogP contribution in [0.25, 0.3) is 0 Å². The third kappa shape index (κ3) is 3.13. The Morgan fingerprint density at radius 1 is 1.15 bits per heavy atom. The second kappa shape index (κ2) is 5.68. The first kappa shape index (κ1) is 10.2. The van der Waals surface area contributed by atoms with Gasteiger partial charge in [0.15, 0.2) is 0 Å². The molecule has 1 nitrogen and oxygen atoms in total. The first-order valence-electron chi connectivity index (χ1n) is 4.81. The Balaban J connectivity index is 2.43. The molecule has 69 valence electrons. The molecular formula is C12H16N. The van der Waals surface area contributed by atoms with Gasteiger partial charge >= 0.3 is 0 Å². The van der Waals surface area contributed by atoms with Gasteiger partial charge < -0.3 is 0 Å². The van der Waals surface area contributed by atoms with Crippen molar-refractivity contribution >= 4 is 0 Å². The maximum Gasteiger partial charge on any atom is 0.0610 e. The summed E-state index contributed by atoms with van der Waals surface area (Å²) >= 11 is 0. The van der Waals surface area contributed by atoms with Crippen LogP contribution in [-0.4, -0.2) is 24.0 Å². The van der Waals surface area contributed by atoms with Gasteiger partial charge in [0.1, 0.15) is 0 Å². The van der Waals surface area contributed by atoms with Gasteiger partial charge in [-0.3, -0.25) is 4.90 Å². The highest BCUT2D eigenvalue weighted by molar-refractivity contribution is 4.98. The van der Waals surface area contributed by atoms with Crippen LogP contribution < -0.4 is 0 Å². The van der Waals surface area contributed by atoms with Crippen molar-refractivity contribution in [2.45, 2.75) is 31.7 Å². The maximum absolute atomic E-state index is 5.30. The van der Waals surface area contributed by atoms with Gasteiger partial charge in [0.05, 0.1) is 13.1 Å². The van der Waals surface area contributed by atoms with Gasteiger partial charge in [-0.2, -0.15) is 0 Å². The third-order valence-electron chi connectivity index (χ3n) is 2.51. The van der Waals surface area contributed by atoms with Gasteiger partial charge in [0.25, 0.3) is 0 Å². The SMILES string of the molecule is C#CCN(CC#C)C1CC[CH]CC1. The molecule has 1 heteroatoms. The van der Waals surface area contributed by atoms with Crippen LogP contribution in [0.4, 0.5) is 0 Å². The first-order valence-corrected chi connectivity index (χ1v) is 4.81. The van der Waals surface area contributed by atoms with E-state index < -0.39 is 0 Å². The van der Waals surface area contributed by atoms with Crippen molar-refractivity contribution in [1.29, 1.82) is 0 Å². The molecule has 1 aliphatic rings. The number of rotatable bonds is 3. The highest BCUT2D eigenvalue weighted by atomic mass is 15.1. The van der Waals surface area contributed by atoms with Crippen LogP contribution in [0.1, 0.15) is 25.7 Å². The number of terminal acetylenes is 2. The molecule has 1 rings (SSSR count). The highest BCUT2D eigenvalue weighted by Gasteiger charge is 2.19. The minimum atomic E-state index is 0.608. The average molecular weight is 174 g/mol. The molecule has 0 aromatic carbocycles. The molecule has 0 aromatic rings. The van der Waals surface area contributed by atoms with Crippen molar-refractivity contribution in [3.05, 3.63) is 6.42 Å². The summed E-state index contributed by atoms with van der Waals surface area (Å²) in [5, 5.41) is 0. The van der Waals surface area contributed by atoms with Crippen LogP contribution >= 0.6 is 0 Å². The monoisotopic (exact) mass is 174 g/mol. The molecule has 13 heavy (non-hydrogen) atoms. The summed E-state index contributed by atoms with van der Waals surface area (Å²) in [6.45, 7) is 1.38. The molecule has 0 unspecified atom stereocenters. The number of hydrogen-bond acceptors (Lipinski definition) is 1. The number of hydrogen-bond donors (Lipinski definition) is 0. The Morgan fingerprint density at radius 3 is 2.15 bits per heavy atom. The molecule has 0 spiro atoms. The van der Waals surface area contributed by atoms with E-state index >= 15 is 0 Å². The summed E-state index contributed by atoms with van der Waals surface area (Å²) in [5.74, 6) is 5.34. The van der Waals surface area contributed by atoms with Gasteiger partial charge in [0, 0.05) is 6.04 Å². The summed E-state index contributed by atoms with van der Waals surface area (Å²) in [7, 11) is 0. The van der Waals surface area contributed by atoms with Gasteiger partial charge in [0.2, 0.25) is 0 Å². The van der Waals surface area contributed by atoms with Crippen molar-refractivity contribution in [3.63, 3.8) is 0 Å². The minimum absolute atomic E-state index is 0.608. The Labute approximate surface area is 81.5 Å². The van der Waals surface area contributed by atoms with E-state index in [0.29, 0.717) is 19.1 Å². The molecule has 1 saturated carbocycles. The quantitative estimate of drug-likeness (QED) is 0.589. The van der Waals surface area contributed by atoms with Crippen LogP contribution in [0, 0.1) is 31.1 Å². The van der Waals surface area contributed by atoms with Crippen LogP contribution in [0.2, 0.25) is 0 Å². The van der Waals surface area contributed by atoms with E-state index in [2.05, 4.69) is 23.2 Å². The van der Waals surface area contributed by atoms with Crippen molar-refractivity contribution < 1.29 is 0 Å².